The Morgan fingerprint density at radius 1 is 0.727 bits per heavy atom. The van der Waals surface area contributed by atoms with Crippen molar-refractivity contribution in [3.8, 4) is 0 Å². The Morgan fingerprint density at radius 3 is 1.76 bits per heavy atom. The minimum Gasteiger partial charge on any atom is -0.354 e. The highest BCUT2D eigenvalue weighted by atomic mass is 32.2. The van der Waals surface area contributed by atoms with Gasteiger partial charge >= 0.3 is 0 Å². The molecule has 0 saturated heterocycles. The molecule has 1 unspecified atom stereocenters. The maximum Gasteiger partial charge on any atom is 0.232 e. The number of benzene rings is 3. The lowest BCUT2D eigenvalue weighted by Crippen LogP contribution is -2.35. The van der Waals surface area contributed by atoms with Crippen LogP contribution in [-0.4, -0.2) is 25.9 Å². The largest absolute Gasteiger partial charge is 0.354 e. The summed E-state index contributed by atoms with van der Waals surface area (Å²) in [7, 11) is -3.76. The SMILES string of the molecule is O=C(NCC(c1cccnc1)S(=O)(=O)c1ccccc1)C(c1ccccc1)c1ccccc1. The van der Waals surface area contributed by atoms with Crippen molar-refractivity contribution in [1.82, 2.24) is 10.3 Å². The van der Waals surface area contributed by atoms with E-state index in [1.54, 1.807) is 48.7 Å². The fourth-order valence-electron chi connectivity index (χ4n) is 3.83. The van der Waals surface area contributed by atoms with E-state index in [1.165, 1.54) is 6.20 Å². The summed E-state index contributed by atoms with van der Waals surface area (Å²) in [6.07, 6.45) is 3.12. The highest BCUT2D eigenvalue weighted by molar-refractivity contribution is 7.91. The zero-order chi connectivity index (χ0) is 23.1. The lowest BCUT2D eigenvalue weighted by atomic mass is 9.90. The molecule has 3 aromatic carbocycles. The van der Waals surface area contributed by atoms with E-state index in [9.17, 15) is 13.2 Å². The summed E-state index contributed by atoms with van der Waals surface area (Å²) >= 11 is 0. The number of nitrogens with one attached hydrogen (secondary N) is 1. The lowest BCUT2D eigenvalue weighted by Gasteiger charge is -2.22. The monoisotopic (exact) mass is 456 g/mol. The first-order valence-corrected chi connectivity index (χ1v) is 12.2. The van der Waals surface area contributed by atoms with E-state index in [0.717, 1.165) is 11.1 Å². The highest BCUT2D eigenvalue weighted by Crippen LogP contribution is 2.29. The normalized spacial score (nSPS) is 12.3. The zero-order valence-corrected chi connectivity index (χ0v) is 18.7. The van der Waals surface area contributed by atoms with Crippen LogP contribution in [0.15, 0.2) is 120 Å². The van der Waals surface area contributed by atoms with Crippen LogP contribution in [0.3, 0.4) is 0 Å². The van der Waals surface area contributed by atoms with Crippen LogP contribution in [-0.2, 0) is 14.6 Å². The number of sulfone groups is 1. The molecule has 1 atom stereocenters. The van der Waals surface area contributed by atoms with Crippen LogP contribution in [0.1, 0.15) is 27.9 Å². The molecule has 0 fully saturated rings. The Bertz CT molecular complexity index is 1240. The number of carbonyl (C=O) groups is 1. The number of amides is 1. The molecule has 0 aliphatic rings. The molecule has 0 aliphatic heterocycles. The maximum atomic E-state index is 13.5. The molecule has 4 aromatic rings. The van der Waals surface area contributed by atoms with Gasteiger partial charge in [0.25, 0.3) is 0 Å². The van der Waals surface area contributed by atoms with Gasteiger partial charge in [0.2, 0.25) is 5.91 Å². The molecule has 33 heavy (non-hydrogen) atoms. The van der Waals surface area contributed by atoms with E-state index in [1.807, 2.05) is 60.7 Å². The van der Waals surface area contributed by atoms with Crippen molar-refractivity contribution in [3.63, 3.8) is 0 Å². The number of nitrogens with zero attached hydrogens (tertiary/aromatic N) is 1. The molecule has 166 valence electrons. The number of pyridine rings is 1. The number of hydrogen-bond donors (Lipinski definition) is 1. The molecule has 6 heteroatoms. The first kappa shape index (κ1) is 22.4. The molecular weight excluding hydrogens is 432 g/mol. The Morgan fingerprint density at radius 2 is 1.24 bits per heavy atom. The molecule has 1 aromatic heterocycles. The Labute approximate surface area is 194 Å². The number of rotatable bonds is 8. The predicted molar refractivity (Wildman–Crippen MR) is 128 cm³/mol. The molecule has 0 spiro atoms. The van der Waals surface area contributed by atoms with Crippen LogP contribution < -0.4 is 5.32 Å². The summed E-state index contributed by atoms with van der Waals surface area (Å²) in [6.45, 7) is -0.0715. The maximum absolute atomic E-state index is 13.5. The fraction of sp³-hybridized carbons (Fsp3) is 0.111. The van der Waals surface area contributed by atoms with Gasteiger partial charge in [-0.25, -0.2) is 8.42 Å². The summed E-state index contributed by atoms with van der Waals surface area (Å²) in [5.41, 5.74) is 2.20. The molecule has 1 amide bonds. The van der Waals surface area contributed by atoms with E-state index in [2.05, 4.69) is 10.3 Å². The second kappa shape index (κ2) is 10.2. The summed E-state index contributed by atoms with van der Waals surface area (Å²) in [6, 6.07) is 30.6. The summed E-state index contributed by atoms with van der Waals surface area (Å²) < 4.78 is 27.0. The van der Waals surface area contributed by atoms with Crippen LogP contribution in [0.4, 0.5) is 0 Å². The van der Waals surface area contributed by atoms with E-state index in [4.69, 9.17) is 0 Å². The Balaban J connectivity index is 1.65. The molecule has 0 radical (unpaired) electrons. The van der Waals surface area contributed by atoms with Gasteiger partial charge in [-0.3, -0.25) is 9.78 Å². The molecule has 0 aliphatic carbocycles. The average molecular weight is 457 g/mol. The third-order valence-electron chi connectivity index (χ3n) is 5.49. The van der Waals surface area contributed by atoms with Crippen LogP contribution in [0.5, 0.6) is 0 Å². The highest BCUT2D eigenvalue weighted by Gasteiger charge is 2.31. The topological polar surface area (TPSA) is 76.1 Å². The smallest absolute Gasteiger partial charge is 0.232 e. The van der Waals surface area contributed by atoms with E-state index >= 15 is 0 Å². The Hall–Kier alpha value is -3.77. The van der Waals surface area contributed by atoms with Crippen molar-refractivity contribution in [1.29, 1.82) is 0 Å². The number of aromatic nitrogens is 1. The second-order valence-corrected chi connectivity index (χ2v) is 9.76. The van der Waals surface area contributed by atoms with Crippen molar-refractivity contribution < 1.29 is 13.2 Å². The van der Waals surface area contributed by atoms with E-state index in [-0.39, 0.29) is 17.3 Å². The quantitative estimate of drug-likeness (QED) is 0.422. The van der Waals surface area contributed by atoms with Crippen molar-refractivity contribution in [2.24, 2.45) is 0 Å². The summed E-state index contributed by atoms with van der Waals surface area (Å²) in [5, 5.41) is 1.94. The first-order chi connectivity index (χ1) is 16.1. The third kappa shape index (κ3) is 5.18. The van der Waals surface area contributed by atoms with Gasteiger partial charge in [-0.1, -0.05) is 84.9 Å². The van der Waals surface area contributed by atoms with Crippen LogP contribution in [0, 0.1) is 0 Å². The summed E-state index contributed by atoms with van der Waals surface area (Å²) in [4.78, 5) is 17.7. The van der Waals surface area contributed by atoms with E-state index in [0.29, 0.717) is 5.56 Å². The molecule has 5 nitrogen and oxygen atoms in total. The van der Waals surface area contributed by atoms with Gasteiger partial charge in [0.05, 0.1) is 10.8 Å². The Kier molecular flexibility index (Phi) is 6.95. The molecular formula is C27H24N2O3S. The zero-order valence-electron chi connectivity index (χ0n) is 17.9. The van der Waals surface area contributed by atoms with Gasteiger partial charge in [-0.2, -0.15) is 0 Å². The molecule has 1 heterocycles. The summed E-state index contributed by atoms with van der Waals surface area (Å²) in [5.74, 6) is -0.814. The van der Waals surface area contributed by atoms with Crippen molar-refractivity contribution >= 4 is 15.7 Å². The van der Waals surface area contributed by atoms with Crippen molar-refractivity contribution in [2.75, 3.05) is 6.54 Å². The van der Waals surface area contributed by atoms with Crippen LogP contribution in [0.25, 0.3) is 0 Å². The molecule has 0 saturated carbocycles. The predicted octanol–water partition coefficient (Wildman–Crippen LogP) is 4.54. The van der Waals surface area contributed by atoms with Crippen LogP contribution >= 0.6 is 0 Å². The van der Waals surface area contributed by atoms with Gasteiger partial charge in [-0.15, -0.1) is 0 Å². The van der Waals surface area contributed by atoms with Gasteiger partial charge in [-0.05, 0) is 34.9 Å². The van der Waals surface area contributed by atoms with Crippen molar-refractivity contribution in [2.45, 2.75) is 16.1 Å². The third-order valence-corrected chi connectivity index (χ3v) is 7.61. The second-order valence-electron chi connectivity index (χ2n) is 7.63. The minimum absolute atomic E-state index is 0.0715. The van der Waals surface area contributed by atoms with Crippen LogP contribution in [0.2, 0.25) is 0 Å². The van der Waals surface area contributed by atoms with Gasteiger partial charge in [0.1, 0.15) is 5.25 Å². The van der Waals surface area contributed by atoms with Gasteiger partial charge < -0.3 is 5.32 Å². The minimum atomic E-state index is -3.76. The standard InChI is InChI=1S/C27H24N2O3S/c30-27(26(21-11-4-1-5-12-21)22-13-6-2-7-14-22)29-20-25(23-15-10-18-28-19-23)33(31,32)24-16-8-3-9-17-24/h1-19,25-26H,20H2,(H,29,30). The van der Waals surface area contributed by atoms with Gasteiger partial charge in [0, 0.05) is 18.9 Å². The molecule has 0 bridgehead atoms. The first-order valence-electron chi connectivity index (χ1n) is 10.6. The average Bonchev–Trinajstić information content (AvgIpc) is 2.87. The molecule has 1 N–H and O–H groups in total. The number of carbonyl (C=O) groups excluding carboxylic acids is 1. The van der Waals surface area contributed by atoms with Crippen molar-refractivity contribution in [3.05, 3.63) is 132 Å². The van der Waals surface area contributed by atoms with E-state index < -0.39 is 21.0 Å². The van der Waals surface area contributed by atoms with Gasteiger partial charge in [0.15, 0.2) is 9.84 Å². The molecule has 4 rings (SSSR count). The lowest BCUT2D eigenvalue weighted by molar-refractivity contribution is -0.121. The fourth-order valence-corrected chi connectivity index (χ4v) is 5.49. The number of hydrogen-bond acceptors (Lipinski definition) is 4.